The number of nitrogens with two attached hydrogens (primary N) is 1. The van der Waals surface area contributed by atoms with Crippen molar-refractivity contribution in [1.29, 1.82) is 5.41 Å². The Labute approximate surface area is 127 Å². The third kappa shape index (κ3) is 4.48. The van der Waals surface area contributed by atoms with Crippen molar-refractivity contribution in [3.05, 3.63) is 29.3 Å². The zero-order valence-electron chi connectivity index (χ0n) is 13.2. The number of rotatable bonds is 6. The molecule has 0 aliphatic carbocycles. The topological polar surface area (TPSA) is 82.2 Å². The SMILES string of the molecule is CCCCCNC(=O)N(C(=N)N)c1c(C)cccc1CC. The highest BCUT2D eigenvalue weighted by atomic mass is 16.2. The van der Waals surface area contributed by atoms with Gasteiger partial charge in [0.2, 0.25) is 5.96 Å². The zero-order valence-corrected chi connectivity index (χ0v) is 13.2. The number of hydrogen-bond donors (Lipinski definition) is 3. The Bertz CT molecular complexity index is 499. The number of carbonyl (C=O) groups excluding carboxylic acids is 1. The molecule has 0 aromatic heterocycles. The van der Waals surface area contributed by atoms with E-state index in [-0.39, 0.29) is 12.0 Å². The summed E-state index contributed by atoms with van der Waals surface area (Å²) in [5.74, 6) is -0.257. The molecule has 116 valence electrons. The summed E-state index contributed by atoms with van der Waals surface area (Å²) in [7, 11) is 0. The maximum absolute atomic E-state index is 12.4. The summed E-state index contributed by atoms with van der Waals surface area (Å²) in [6.07, 6.45) is 3.89. The number of unbranched alkanes of at least 4 members (excludes halogenated alkanes) is 2. The van der Waals surface area contributed by atoms with Gasteiger partial charge in [0.1, 0.15) is 0 Å². The van der Waals surface area contributed by atoms with Crippen LogP contribution in [0, 0.1) is 12.3 Å². The molecule has 0 saturated heterocycles. The van der Waals surface area contributed by atoms with E-state index in [0.29, 0.717) is 6.54 Å². The lowest BCUT2D eigenvalue weighted by Gasteiger charge is -2.25. The summed E-state index contributed by atoms with van der Waals surface area (Å²) in [5, 5.41) is 10.6. The summed E-state index contributed by atoms with van der Waals surface area (Å²) in [5.41, 5.74) is 8.31. The van der Waals surface area contributed by atoms with Gasteiger partial charge in [0.15, 0.2) is 0 Å². The second-order valence-electron chi connectivity index (χ2n) is 5.10. The third-order valence-electron chi connectivity index (χ3n) is 3.43. The Kier molecular flexibility index (Phi) is 6.72. The Morgan fingerprint density at radius 1 is 1.33 bits per heavy atom. The molecular weight excluding hydrogens is 264 g/mol. The molecular formula is C16H26N4O. The standard InChI is InChI=1S/C16H26N4O/c1-4-6-7-11-19-16(21)20(15(17)18)14-12(3)9-8-10-13(14)5-2/h8-10H,4-7,11H2,1-3H3,(H3,17,18)(H,19,21). The van der Waals surface area contributed by atoms with E-state index in [1.165, 1.54) is 4.90 Å². The van der Waals surface area contributed by atoms with E-state index in [2.05, 4.69) is 12.2 Å². The average Bonchev–Trinajstić information content (AvgIpc) is 2.45. The average molecular weight is 290 g/mol. The smallest absolute Gasteiger partial charge is 0.328 e. The van der Waals surface area contributed by atoms with Crippen molar-refractivity contribution in [2.24, 2.45) is 5.73 Å². The molecule has 0 aliphatic heterocycles. The normalized spacial score (nSPS) is 10.2. The minimum atomic E-state index is -0.331. The number of urea groups is 1. The van der Waals surface area contributed by atoms with Gasteiger partial charge < -0.3 is 11.1 Å². The van der Waals surface area contributed by atoms with Crippen LogP contribution in [0.15, 0.2) is 18.2 Å². The number of carbonyl (C=O) groups is 1. The number of amides is 2. The maximum Gasteiger partial charge on any atom is 0.328 e. The lowest BCUT2D eigenvalue weighted by molar-refractivity contribution is 0.248. The Morgan fingerprint density at radius 3 is 2.62 bits per heavy atom. The van der Waals surface area contributed by atoms with Crippen LogP contribution in [0.1, 0.15) is 44.2 Å². The van der Waals surface area contributed by atoms with Gasteiger partial charge in [-0.1, -0.05) is 44.9 Å². The first-order valence-electron chi connectivity index (χ1n) is 7.53. The molecule has 5 heteroatoms. The van der Waals surface area contributed by atoms with Crippen molar-refractivity contribution in [1.82, 2.24) is 5.32 Å². The fourth-order valence-electron chi connectivity index (χ4n) is 2.31. The molecule has 1 aromatic carbocycles. The van der Waals surface area contributed by atoms with Crippen LogP contribution in [0.3, 0.4) is 0 Å². The lowest BCUT2D eigenvalue weighted by Crippen LogP contribution is -2.48. The molecule has 5 nitrogen and oxygen atoms in total. The van der Waals surface area contributed by atoms with Gasteiger partial charge in [-0.15, -0.1) is 0 Å². The molecule has 0 aliphatic rings. The van der Waals surface area contributed by atoms with Gasteiger partial charge >= 0.3 is 6.03 Å². The number of nitrogens with zero attached hydrogens (tertiary/aromatic N) is 1. The second kappa shape index (κ2) is 8.29. The highest BCUT2D eigenvalue weighted by Gasteiger charge is 2.22. The van der Waals surface area contributed by atoms with E-state index in [1.54, 1.807) is 0 Å². The summed E-state index contributed by atoms with van der Waals surface area (Å²) >= 11 is 0. The molecule has 0 spiro atoms. The van der Waals surface area contributed by atoms with Crippen LogP contribution in [0.25, 0.3) is 0 Å². The molecule has 0 saturated carbocycles. The fourth-order valence-corrected chi connectivity index (χ4v) is 2.31. The van der Waals surface area contributed by atoms with Crippen molar-refractivity contribution in [3.8, 4) is 0 Å². The molecule has 1 aromatic rings. The van der Waals surface area contributed by atoms with Crippen LogP contribution in [-0.4, -0.2) is 18.5 Å². The molecule has 2 amide bonds. The van der Waals surface area contributed by atoms with Crippen LogP contribution in [0.4, 0.5) is 10.5 Å². The Hall–Kier alpha value is -2.04. The molecule has 0 unspecified atom stereocenters. The number of para-hydroxylation sites is 1. The lowest BCUT2D eigenvalue weighted by atomic mass is 10.0. The van der Waals surface area contributed by atoms with Crippen molar-refractivity contribution >= 4 is 17.7 Å². The van der Waals surface area contributed by atoms with Gasteiger partial charge in [0, 0.05) is 6.54 Å². The van der Waals surface area contributed by atoms with Crippen LogP contribution in [0.2, 0.25) is 0 Å². The second-order valence-corrected chi connectivity index (χ2v) is 5.10. The van der Waals surface area contributed by atoms with E-state index in [1.807, 2.05) is 32.0 Å². The first-order chi connectivity index (χ1) is 10.0. The first kappa shape index (κ1) is 17.0. The third-order valence-corrected chi connectivity index (χ3v) is 3.43. The van der Waals surface area contributed by atoms with Gasteiger partial charge in [-0.3, -0.25) is 5.41 Å². The molecule has 0 atom stereocenters. The number of benzene rings is 1. The Morgan fingerprint density at radius 2 is 2.05 bits per heavy atom. The predicted molar refractivity (Wildman–Crippen MR) is 87.9 cm³/mol. The van der Waals surface area contributed by atoms with Gasteiger partial charge in [0.05, 0.1) is 5.69 Å². The van der Waals surface area contributed by atoms with E-state index in [9.17, 15) is 4.79 Å². The van der Waals surface area contributed by atoms with Crippen LogP contribution >= 0.6 is 0 Å². The van der Waals surface area contributed by atoms with Crippen molar-refractivity contribution in [2.75, 3.05) is 11.4 Å². The number of hydrogen-bond acceptors (Lipinski definition) is 2. The van der Waals surface area contributed by atoms with Crippen LogP contribution in [-0.2, 0) is 6.42 Å². The summed E-state index contributed by atoms with van der Waals surface area (Å²) < 4.78 is 0. The zero-order chi connectivity index (χ0) is 15.8. The van der Waals surface area contributed by atoms with E-state index in [0.717, 1.165) is 42.5 Å². The summed E-state index contributed by atoms with van der Waals surface area (Å²) in [4.78, 5) is 13.6. The fraction of sp³-hybridized carbons (Fsp3) is 0.500. The van der Waals surface area contributed by atoms with Crippen LogP contribution < -0.4 is 16.0 Å². The van der Waals surface area contributed by atoms with Gasteiger partial charge in [-0.2, -0.15) is 0 Å². The van der Waals surface area contributed by atoms with Gasteiger partial charge in [-0.05, 0) is 30.9 Å². The molecule has 1 rings (SSSR count). The molecule has 4 N–H and O–H groups in total. The van der Waals surface area contributed by atoms with Crippen molar-refractivity contribution in [2.45, 2.75) is 46.5 Å². The monoisotopic (exact) mass is 290 g/mol. The Balaban J connectivity index is 2.97. The first-order valence-corrected chi connectivity index (χ1v) is 7.53. The molecule has 0 fully saturated rings. The maximum atomic E-state index is 12.4. The molecule has 21 heavy (non-hydrogen) atoms. The molecule has 0 heterocycles. The molecule has 0 radical (unpaired) electrons. The quantitative estimate of drug-likeness (QED) is 0.427. The minimum absolute atomic E-state index is 0.257. The summed E-state index contributed by atoms with van der Waals surface area (Å²) in [6.45, 7) is 6.67. The van der Waals surface area contributed by atoms with Crippen molar-refractivity contribution < 1.29 is 4.79 Å². The van der Waals surface area contributed by atoms with E-state index < -0.39 is 0 Å². The number of aryl methyl sites for hydroxylation is 2. The minimum Gasteiger partial charge on any atom is -0.369 e. The predicted octanol–water partition coefficient (Wildman–Crippen LogP) is 3.16. The number of anilines is 1. The number of guanidine groups is 1. The summed E-state index contributed by atoms with van der Waals surface area (Å²) in [6, 6.07) is 5.51. The van der Waals surface area contributed by atoms with Crippen molar-refractivity contribution in [3.63, 3.8) is 0 Å². The number of nitrogens with one attached hydrogen (secondary N) is 2. The van der Waals surface area contributed by atoms with Gasteiger partial charge in [-0.25, -0.2) is 9.69 Å². The highest BCUT2D eigenvalue weighted by Crippen LogP contribution is 2.25. The van der Waals surface area contributed by atoms with Crippen LogP contribution in [0.5, 0.6) is 0 Å². The largest absolute Gasteiger partial charge is 0.369 e. The van der Waals surface area contributed by atoms with E-state index >= 15 is 0 Å². The highest BCUT2D eigenvalue weighted by molar-refractivity contribution is 6.14. The van der Waals surface area contributed by atoms with E-state index in [4.69, 9.17) is 11.1 Å². The molecule has 0 bridgehead atoms. The van der Waals surface area contributed by atoms with Gasteiger partial charge in [0.25, 0.3) is 0 Å².